The number of carbonyl (C=O) groups is 5. The number of carbonyl (C=O) groups excluding carboxylic acids is 5. The Morgan fingerprint density at radius 2 is 1.77 bits per heavy atom. The van der Waals surface area contributed by atoms with E-state index in [4.69, 9.17) is 30.8 Å². The highest BCUT2D eigenvalue weighted by Crippen LogP contribution is 2.35. The van der Waals surface area contributed by atoms with E-state index in [9.17, 15) is 28.8 Å². The first-order valence-corrected chi connectivity index (χ1v) is 21.1. The number of pyridine rings is 1. The number of anilines is 3. The van der Waals surface area contributed by atoms with Gasteiger partial charge in [-0.25, -0.2) is 4.98 Å². The van der Waals surface area contributed by atoms with Crippen molar-refractivity contribution in [2.45, 2.75) is 76.3 Å². The summed E-state index contributed by atoms with van der Waals surface area (Å²) in [6.45, 7) is 5.84. The van der Waals surface area contributed by atoms with E-state index in [1.54, 1.807) is 35.0 Å². The van der Waals surface area contributed by atoms with Crippen molar-refractivity contribution in [3.05, 3.63) is 75.2 Å². The lowest BCUT2D eigenvalue weighted by atomic mass is 10.0. The zero-order valence-corrected chi connectivity index (χ0v) is 35.6. The molecule has 1 unspecified atom stereocenters. The Bertz CT molecular complexity index is 2510. The maximum atomic E-state index is 13.5. The molecule has 8 rings (SSSR count). The molecule has 4 aliphatic rings. The first-order valence-electron chi connectivity index (χ1n) is 20.7. The molecule has 6 heterocycles. The van der Waals surface area contributed by atoms with E-state index in [1.165, 1.54) is 7.05 Å². The van der Waals surface area contributed by atoms with E-state index < -0.39 is 29.7 Å². The van der Waals surface area contributed by atoms with E-state index in [-0.39, 0.29) is 84.4 Å². The van der Waals surface area contributed by atoms with Gasteiger partial charge in [-0.15, -0.1) is 0 Å². The maximum Gasteiger partial charge on any atom is 0.293 e. The van der Waals surface area contributed by atoms with Crippen molar-refractivity contribution >= 4 is 69.5 Å². The summed E-state index contributed by atoms with van der Waals surface area (Å²) in [5, 5.41) is 9.08. The second kappa shape index (κ2) is 17.7. The van der Waals surface area contributed by atoms with Crippen molar-refractivity contribution in [2.75, 3.05) is 57.2 Å². The third-order valence-corrected chi connectivity index (χ3v) is 12.0. The van der Waals surface area contributed by atoms with E-state index in [1.807, 2.05) is 39.1 Å². The lowest BCUT2D eigenvalue weighted by molar-refractivity contribution is -0.136. The van der Waals surface area contributed by atoms with Crippen LogP contribution >= 0.6 is 11.6 Å². The number of halogens is 1. The molecule has 326 valence electrons. The fraction of sp³-hybridized carbons (Fsp3) is 0.442. The highest BCUT2D eigenvalue weighted by atomic mass is 35.5. The van der Waals surface area contributed by atoms with Crippen molar-refractivity contribution < 1.29 is 38.2 Å². The van der Waals surface area contributed by atoms with Gasteiger partial charge < -0.3 is 34.3 Å². The average Bonchev–Trinajstić information content (AvgIpc) is 3.73. The second-order valence-electron chi connectivity index (χ2n) is 16.2. The minimum atomic E-state index is -1.05. The number of fused-ring (bicyclic) bond motifs is 2. The lowest BCUT2D eigenvalue weighted by Crippen LogP contribution is -2.54. The van der Waals surface area contributed by atoms with Gasteiger partial charge in [0.25, 0.3) is 23.3 Å². The van der Waals surface area contributed by atoms with Crippen LogP contribution in [0.5, 0.6) is 11.5 Å². The predicted octanol–water partition coefficient (Wildman–Crippen LogP) is 3.43. The van der Waals surface area contributed by atoms with E-state index in [0.717, 1.165) is 23.1 Å². The van der Waals surface area contributed by atoms with E-state index in [0.29, 0.717) is 54.0 Å². The summed E-state index contributed by atoms with van der Waals surface area (Å²) in [6, 6.07) is 10.8. The van der Waals surface area contributed by atoms with Gasteiger partial charge in [-0.2, -0.15) is 4.98 Å². The van der Waals surface area contributed by atoms with Gasteiger partial charge in [0.15, 0.2) is 18.2 Å². The fourth-order valence-corrected chi connectivity index (χ4v) is 8.68. The third-order valence-electron chi connectivity index (χ3n) is 11.8. The number of likely N-dealkylation sites (tertiary alicyclic amines) is 1. The molecular formula is C43H48ClN9O9. The van der Waals surface area contributed by atoms with Gasteiger partial charge in [0, 0.05) is 56.3 Å². The molecule has 2 aromatic heterocycles. The summed E-state index contributed by atoms with van der Waals surface area (Å²) in [7, 11) is 3.50. The first-order chi connectivity index (χ1) is 29.8. The largest absolute Gasteiger partial charge is 0.491 e. The minimum Gasteiger partial charge on any atom is -0.491 e. The SMILES string of the molecule is CNC(=O)COc1cc2cc(Nc3nc(N4CCC(O[C@@H]5C[C@@H](COc6cccc7c6C(=O)N(C6CCC(=O)NC6=O)C7=O)N(C)C5)CC4)ncc3Cl)ccc2n(C(C)C)c1=O. The van der Waals surface area contributed by atoms with Crippen LogP contribution in [0.15, 0.2) is 53.5 Å². The zero-order chi connectivity index (χ0) is 43.8. The molecule has 0 saturated carbocycles. The van der Waals surface area contributed by atoms with Crippen LogP contribution < -0.4 is 35.9 Å². The number of piperidine rings is 2. The number of benzene rings is 2. The van der Waals surface area contributed by atoms with Gasteiger partial charge in [0.05, 0.1) is 35.0 Å². The van der Waals surface area contributed by atoms with E-state index >= 15 is 0 Å². The number of hydrogen-bond donors (Lipinski definition) is 3. The summed E-state index contributed by atoms with van der Waals surface area (Å²) in [4.78, 5) is 90.6. The Kier molecular flexibility index (Phi) is 12.2. The molecule has 19 heteroatoms. The van der Waals surface area contributed by atoms with Gasteiger partial charge >= 0.3 is 0 Å². The number of aromatic nitrogens is 3. The molecule has 0 spiro atoms. The fourth-order valence-electron chi connectivity index (χ4n) is 8.54. The van der Waals surface area contributed by atoms with Crippen molar-refractivity contribution in [1.29, 1.82) is 0 Å². The van der Waals surface area contributed by atoms with Crippen molar-refractivity contribution in [2.24, 2.45) is 0 Å². The summed E-state index contributed by atoms with van der Waals surface area (Å²) in [5.41, 5.74) is 1.37. The lowest BCUT2D eigenvalue weighted by Gasteiger charge is -2.33. The molecule has 3 fully saturated rings. The molecule has 3 N–H and O–H groups in total. The van der Waals surface area contributed by atoms with Gasteiger partial charge in [0.2, 0.25) is 17.8 Å². The number of likely N-dealkylation sites (N-methyl/N-ethyl adjacent to an activating group) is 2. The first kappa shape index (κ1) is 42.6. The van der Waals surface area contributed by atoms with Crippen LogP contribution in [0.2, 0.25) is 5.02 Å². The Hall–Kier alpha value is -6.11. The zero-order valence-electron chi connectivity index (χ0n) is 34.8. The van der Waals surface area contributed by atoms with Gasteiger partial charge in [-0.1, -0.05) is 17.7 Å². The van der Waals surface area contributed by atoms with Crippen LogP contribution in [0.4, 0.5) is 17.5 Å². The molecule has 62 heavy (non-hydrogen) atoms. The number of imide groups is 2. The quantitative estimate of drug-likeness (QED) is 0.165. The molecule has 3 saturated heterocycles. The molecule has 2 aromatic carbocycles. The normalized spacial score (nSPS) is 20.8. The van der Waals surface area contributed by atoms with Gasteiger partial charge in [-0.05, 0) is 83.0 Å². The Balaban J connectivity index is 0.859. The molecule has 0 radical (unpaired) electrons. The molecule has 0 aliphatic carbocycles. The van der Waals surface area contributed by atoms with Gasteiger partial charge in [-0.3, -0.25) is 43.9 Å². The van der Waals surface area contributed by atoms with Crippen molar-refractivity contribution in [3.8, 4) is 11.5 Å². The summed E-state index contributed by atoms with van der Waals surface area (Å²) in [6.07, 6.45) is 3.92. The monoisotopic (exact) mass is 869 g/mol. The highest BCUT2D eigenvalue weighted by molar-refractivity contribution is 6.33. The van der Waals surface area contributed by atoms with Crippen LogP contribution in [0, 0.1) is 0 Å². The number of nitrogens with zero attached hydrogens (tertiary/aromatic N) is 6. The van der Waals surface area contributed by atoms with Crippen LogP contribution in [-0.4, -0.2) is 125 Å². The van der Waals surface area contributed by atoms with Gasteiger partial charge in [0.1, 0.15) is 23.4 Å². The highest BCUT2D eigenvalue weighted by Gasteiger charge is 2.46. The molecule has 4 aromatic rings. The number of rotatable bonds is 13. The molecule has 5 amide bonds. The van der Waals surface area contributed by atoms with Crippen LogP contribution in [0.3, 0.4) is 0 Å². The summed E-state index contributed by atoms with van der Waals surface area (Å²) < 4.78 is 20.0. The van der Waals surface area contributed by atoms with Crippen molar-refractivity contribution in [3.63, 3.8) is 0 Å². The molecular weight excluding hydrogens is 822 g/mol. The van der Waals surface area contributed by atoms with Crippen LogP contribution in [0.25, 0.3) is 10.9 Å². The second-order valence-corrected chi connectivity index (χ2v) is 16.6. The third kappa shape index (κ3) is 8.54. The number of nitrogens with one attached hydrogen (secondary N) is 3. The summed E-state index contributed by atoms with van der Waals surface area (Å²) in [5.74, 6) is -1.32. The Labute approximate surface area is 361 Å². The Morgan fingerprint density at radius 3 is 2.52 bits per heavy atom. The molecule has 3 atom stereocenters. The van der Waals surface area contributed by atoms with Crippen molar-refractivity contribution in [1.82, 2.24) is 35.0 Å². The predicted molar refractivity (Wildman–Crippen MR) is 228 cm³/mol. The number of amides is 5. The topological polar surface area (TPSA) is 207 Å². The summed E-state index contributed by atoms with van der Waals surface area (Å²) >= 11 is 6.59. The standard InChI is InChI=1S/C43H48ClN9O9/c1-23(2)52-31-9-8-25(16-24(31)17-34(41(52)58)61-22-36(55)45-3)47-38-30(44)19-46-43(49-38)51-14-12-27(13-15-51)62-28-18-26(50(4)20-28)21-60-33-7-5-6-29-37(33)42(59)53(40(29)57)32-10-11-35(54)48-39(32)56/h5-9,16-17,19,23,26-28,32H,10-15,18,20-22H2,1-4H3,(H,45,55)(H,46,47,49)(H,48,54,56)/t26-,28+,32?/m0/s1. The number of hydrogen-bond acceptors (Lipinski definition) is 14. The van der Waals surface area contributed by atoms with Crippen LogP contribution in [0.1, 0.15) is 72.7 Å². The molecule has 4 aliphatic heterocycles. The smallest absolute Gasteiger partial charge is 0.293 e. The van der Waals surface area contributed by atoms with E-state index in [2.05, 4.69) is 30.7 Å². The molecule has 18 nitrogen and oxygen atoms in total. The average molecular weight is 870 g/mol. The molecule has 0 bridgehead atoms. The maximum absolute atomic E-state index is 13.5. The Morgan fingerprint density at radius 1 is 0.984 bits per heavy atom. The van der Waals surface area contributed by atoms with Crippen LogP contribution in [-0.2, 0) is 19.1 Å². The minimum absolute atomic E-state index is 0.00467. The number of ether oxygens (including phenoxy) is 3.